The predicted molar refractivity (Wildman–Crippen MR) is 39.1 cm³/mol. The summed E-state index contributed by atoms with van der Waals surface area (Å²) in [4.78, 5) is 4.94. The highest BCUT2D eigenvalue weighted by Gasteiger charge is 2.02. The van der Waals surface area contributed by atoms with Gasteiger partial charge in [-0.3, -0.25) is 0 Å². The third kappa shape index (κ3) is 4.30. The Bertz CT molecular complexity index is 109. The second kappa shape index (κ2) is 6.53. The first-order valence-corrected chi connectivity index (χ1v) is 3.59. The molecule has 0 spiro atoms. The molecule has 3 nitrogen and oxygen atoms in total. The first-order chi connectivity index (χ1) is 4.85. The number of nitrogens with zero attached hydrogens (tertiary/aromatic N) is 1. The summed E-state index contributed by atoms with van der Waals surface area (Å²) < 4.78 is 0. The third-order valence-electron chi connectivity index (χ3n) is 1.22. The maximum Gasteiger partial charge on any atom is 0.0654 e. The molecule has 1 unspecified atom stereocenters. The minimum atomic E-state index is 0.185. The number of hydroxylamine groups is 1. The zero-order chi connectivity index (χ0) is 7.82. The van der Waals surface area contributed by atoms with Crippen molar-refractivity contribution in [1.82, 2.24) is 5.48 Å². The standard InChI is InChI=1S/C7H14N2O/c1-3-7(5-6-8)9-10-4-2/h7,9H,3-5H2,1-2H3. The molecule has 0 heterocycles. The number of nitriles is 1. The quantitative estimate of drug-likeness (QED) is 0.587. The summed E-state index contributed by atoms with van der Waals surface area (Å²) >= 11 is 0. The average molecular weight is 142 g/mol. The van der Waals surface area contributed by atoms with Crippen LogP contribution in [0.25, 0.3) is 0 Å². The van der Waals surface area contributed by atoms with Crippen LogP contribution in [0.2, 0.25) is 0 Å². The van der Waals surface area contributed by atoms with Crippen LogP contribution in [0.15, 0.2) is 0 Å². The molecule has 0 aliphatic heterocycles. The lowest BCUT2D eigenvalue weighted by atomic mass is 10.2. The van der Waals surface area contributed by atoms with E-state index in [1.807, 2.05) is 13.8 Å². The van der Waals surface area contributed by atoms with Gasteiger partial charge in [0.1, 0.15) is 0 Å². The number of hydrogen-bond donors (Lipinski definition) is 1. The molecule has 1 atom stereocenters. The van der Waals surface area contributed by atoms with Gasteiger partial charge in [0.2, 0.25) is 0 Å². The monoisotopic (exact) mass is 142 g/mol. The SMILES string of the molecule is CCONC(CC)CC#N. The first kappa shape index (κ1) is 9.41. The van der Waals surface area contributed by atoms with Gasteiger partial charge in [0.15, 0.2) is 0 Å². The van der Waals surface area contributed by atoms with E-state index in [9.17, 15) is 0 Å². The number of rotatable bonds is 5. The summed E-state index contributed by atoms with van der Waals surface area (Å²) in [6.07, 6.45) is 1.43. The molecule has 58 valence electrons. The van der Waals surface area contributed by atoms with E-state index in [0.29, 0.717) is 13.0 Å². The van der Waals surface area contributed by atoms with E-state index in [4.69, 9.17) is 10.1 Å². The van der Waals surface area contributed by atoms with E-state index in [2.05, 4.69) is 11.5 Å². The molecular formula is C7H14N2O. The molecule has 0 amide bonds. The minimum absolute atomic E-state index is 0.185. The molecule has 0 saturated carbocycles. The normalized spacial score (nSPS) is 12.5. The Morgan fingerprint density at radius 3 is 2.70 bits per heavy atom. The molecule has 0 aliphatic carbocycles. The van der Waals surface area contributed by atoms with Gasteiger partial charge < -0.3 is 4.84 Å². The first-order valence-electron chi connectivity index (χ1n) is 3.59. The van der Waals surface area contributed by atoms with Crippen LogP contribution in [0.3, 0.4) is 0 Å². The molecule has 0 aromatic heterocycles. The fourth-order valence-corrected chi connectivity index (χ4v) is 0.581. The topological polar surface area (TPSA) is 45.0 Å². The Balaban J connectivity index is 3.32. The lowest BCUT2D eigenvalue weighted by Gasteiger charge is -2.11. The highest BCUT2D eigenvalue weighted by Crippen LogP contribution is 1.94. The van der Waals surface area contributed by atoms with Crippen molar-refractivity contribution in [3.63, 3.8) is 0 Å². The number of nitrogens with one attached hydrogen (secondary N) is 1. The van der Waals surface area contributed by atoms with Gasteiger partial charge in [-0.25, -0.2) is 0 Å². The summed E-state index contributed by atoms with van der Waals surface area (Å²) in [6.45, 7) is 4.57. The van der Waals surface area contributed by atoms with Crippen molar-refractivity contribution in [2.24, 2.45) is 0 Å². The van der Waals surface area contributed by atoms with Gasteiger partial charge in [0.25, 0.3) is 0 Å². The van der Waals surface area contributed by atoms with E-state index in [0.717, 1.165) is 6.42 Å². The van der Waals surface area contributed by atoms with Crippen molar-refractivity contribution in [3.05, 3.63) is 0 Å². The third-order valence-corrected chi connectivity index (χ3v) is 1.22. The van der Waals surface area contributed by atoms with E-state index >= 15 is 0 Å². The van der Waals surface area contributed by atoms with E-state index in [1.54, 1.807) is 0 Å². The summed E-state index contributed by atoms with van der Waals surface area (Å²) in [6, 6.07) is 2.27. The minimum Gasteiger partial charge on any atom is -0.302 e. The molecule has 0 saturated heterocycles. The average Bonchev–Trinajstić information content (AvgIpc) is 1.98. The Labute approximate surface area is 61.9 Å². The van der Waals surface area contributed by atoms with Gasteiger partial charge in [-0.1, -0.05) is 6.92 Å². The molecule has 0 rings (SSSR count). The van der Waals surface area contributed by atoms with Gasteiger partial charge in [-0.05, 0) is 13.3 Å². The van der Waals surface area contributed by atoms with Crippen LogP contribution >= 0.6 is 0 Å². The van der Waals surface area contributed by atoms with Gasteiger partial charge in [-0.15, -0.1) is 0 Å². The highest BCUT2D eigenvalue weighted by atomic mass is 16.6. The smallest absolute Gasteiger partial charge is 0.0654 e. The van der Waals surface area contributed by atoms with Gasteiger partial charge >= 0.3 is 0 Å². The molecule has 1 N–H and O–H groups in total. The maximum absolute atomic E-state index is 8.32. The largest absolute Gasteiger partial charge is 0.302 e. The van der Waals surface area contributed by atoms with Crippen LogP contribution in [0.1, 0.15) is 26.7 Å². The van der Waals surface area contributed by atoms with Crippen LogP contribution in [0.5, 0.6) is 0 Å². The molecule has 0 aromatic rings. The van der Waals surface area contributed by atoms with Crippen LogP contribution in [-0.4, -0.2) is 12.6 Å². The van der Waals surface area contributed by atoms with Crippen molar-refractivity contribution < 1.29 is 4.84 Å². The van der Waals surface area contributed by atoms with Gasteiger partial charge in [0, 0.05) is 6.04 Å². The molecule has 0 aliphatic rings. The number of hydrogen-bond acceptors (Lipinski definition) is 3. The Hall–Kier alpha value is -0.590. The zero-order valence-corrected chi connectivity index (χ0v) is 6.55. The van der Waals surface area contributed by atoms with Crippen LogP contribution < -0.4 is 5.48 Å². The molecule has 0 bridgehead atoms. The Morgan fingerprint density at radius 1 is 1.60 bits per heavy atom. The van der Waals surface area contributed by atoms with E-state index < -0.39 is 0 Å². The maximum atomic E-state index is 8.32. The lowest BCUT2D eigenvalue weighted by molar-refractivity contribution is 0.0247. The predicted octanol–water partition coefficient (Wildman–Crippen LogP) is 1.22. The second-order valence-corrected chi connectivity index (χ2v) is 2.02. The molecular weight excluding hydrogens is 128 g/mol. The fourth-order valence-electron chi connectivity index (χ4n) is 0.581. The van der Waals surface area contributed by atoms with Crippen molar-refractivity contribution in [1.29, 1.82) is 5.26 Å². The van der Waals surface area contributed by atoms with Crippen molar-refractivity contribution >= 4 is 0 Å². The molecule has 10 heavy (non-hydrogen) atoms. The van der Waals surface area contributed by atoms with Crippen molar-refractivity contribution in [2.45, 2.75) is 32.7 Å². The van der Waals surface area contributed by atoms with E-state index in [1.165, 1.54) is 0 Å². The Kier molecular flexibility index (Phi) is 6.14. The van der Waals surface area contributed by atoms with Crippen molar-refractivity contribution in [3.8, 4) is 6.07 Å². The van der Waals surface area contributed by atoms with Crippen LogP contribution in [0.4, 0.5) is 0 Å². The lowest BCUT2D eigenvalue weighted by Crippen LogP contribution is -2.27. The summed E-state index contributed by atoms with van der Waals surface area (Å²) in [7, 11) is 0. The molecule has 0 aromatic carbocycles. The van der Waals surface area contributed by atoms with E-state index in [-0.39, 0.29) is 6.04 Å². The fraction of sp³-hybridized carbons (Fsp3) is 0.857. The molecule has 0 fully saturated rings. The van der Waals surface area contributed by atoms with Gasteiger partial charge in [-0.2, -0.15) is 10.7 Å². The summed E-state index contributed by atoms with van der Waals surface area (Å²) in [5.41, 5.74) is 2.80. The zero-order valence-electron chi connectivity index (χ0n) is 6.55. The van der Waals surface area contributed by atoms with Crippen molar-refractivity contribution in [2.75, 3.05) is 6.61 Å². The van der Waals surface area contributed by atoms with Crippen LogP contribution in [0, 0.1) is 11.3 Å². The highest BCUT2D eigenvalue weighted by molar-refractivity contribution is 4.77. The second-order valence-electron chi connectivity index (χ2n) is 2.02. The van der Waals surface area contributed by atoms with Crippen LogP contribution in [-0.2, 0) is 4.84 Å². The summed E-state index contributed by atoms with van der Waals surface area (Å²) in [5, 5.41) is 8.32. The molecule has 0 radical (unpaired) electrons. The molecule has 3 heteroatoms. The summed E-state index contributed by atoms with van der Waals surface area (Å²) in [5.74, 6) is 0. The van der Waals surface area contributed by atoms with Gasteiger partial charge in [0.05, 0.1) is 19.1 Å². The Morgan fingerprint density at radius 2 is 2.30 bits per heavy atom.